The SMILES string of the molecule is CSc1c(O)cccc1N(C)C. The van der Waals surface area contributed by atoms with Gasteiger partial charge < -0.3 is 10.0 Å². The highest BCUT2D eigenvalue weighted by Crippen LogP contribution is 2.34. The summed E-state index contributed by atoms with van der Waals surface area (Å²) < 4.78 is 0. The Kier molecular flexibility index (Phi) is 2.87. The zero-order chi connectivity index (χ0) is 9.14. The number of aromatic hydroxyl groups is 1. The van der Waals surface area contributed by atoms with E-state index in [-0.39, 0.29) is 0 Å². The van der Waals surface area contributed by atoms with Crippen LogP contribution in [0.3, 0.4) is 0 Å². The molecule has 0 heterocycles. The molecule has 0 aliphatic rings. The van der Waals surface area contributed by atoms with E-state index in [2.05, 4.69) is 0 Å². The predicted octanol–water partition coefficient (Wildman–Crippen LogP) is 2.18. The Hall–Kier alpha value is -0.830. The summed E-state index contributed by atoms with van der Waals surface area (Å²) in [5.74, 6) is 0.355. The third-order valence-corrected chi connectivity index (χ3v) is 2.49. The molecule has 1 aromatic carbocycles. The van der Waals surface area contributed by atoms with Crippen LogP contribution in [0, 0.1) is 0 Å². The first-order chi connectivity index (χ1) is 5.66. The highest BCUT2D eigenvalue weighted by atomic mass is 32.2. The molecule has 0 aromatic heterocycles. The van der Waals surface area contributed by atoms with Crippen LogP contribution in [0.5, 0.6) is 5.75 Å². The Morgan fingerprint density at radius 3 is 2.42 bits per heavy atom. The fourth-order valence-corrected chi connectivity index (χ4v) is 1.81. The Labute approximate surface area is 77.2 Å². The fourth-order valence-electron chi connectivity index (χ4n) is 1.07. The molecule has 0 aliphatic carbocycles. The standard InChI is InChI=1S/C9H13NOS/c1-10(2)7-5-4-6-8(11)9(7)12-3/h4-6,11H,1-3H3. The maximum Gasteiger partial charge on any atom is 0.131 e. The van der Waals surface area contributed by atoms with Gasteiger partial charge in [0, 0.05) is 14.1 Å². The van der Waals surface area contributed by atoms with Gasteiger partial charge in [-0.05, 0) is 18.4 Å². The molecule has 12 heavy (non-hydrogen) atoms. The monoisotopic (exact) mass is 183 g/mol. The highest BCUT2D eigenvalue weighted by Gasteiger charge is 2.06. The van der Waals surface area contributed by atoms with Gasteiger partial charge in [-0.25, -0.2) is 0 Å². The highest BCUT2D eigenvalue weighted by molar-refractivity contribution is 7.98. The number of phenolic OH excluding ortho intramolecular Hbond substituents is 1. The molecule has 1 N–H and O–H groups in total. The number of hydrogen-bond acceptors (Lipinski definition) is 3. The summed E-state index contributed by atoms with van der Waals surface area (Å²) >= 11 is 1.56. The van der Waals surface area contributed by atoms with Crippen molar-refractivity contribution in [1.29, 1.82) is 0 Å². The summed E-state index contributed by atoms with van der Waals surface area (Å²) in [6, 6.07) is 5.55. The molecular formula is C9H13NOS. The van der Waals surface area contributed by atoms with E-state index in [1.54, 1.807) is 17.8 Å². The maximum absolute atomic E-state index is 9.49. The minimum Gasteiger partial charge on any atom is -0.507 e. The largest absolute Gasteiger partial charge is 0.507 e. The number of phenols is 1. The Morgan fingerprint density at radius 2 is 2.00 bits per heavy atom. The van der Waals surface area contributed by atoms with Gasteiger partial charge in [-0.3, -0.25) is 0 Å². The zero-order valence-electron chi connectivity index (χ0n) is 7.53. The minimum absolute atomic E-state index is 0.355. The van der Waals surface area contributed by atoms with Gasteiger partial charge in [0.15, 0.2) is 0 Å². The molecule has 0 spiro atoms. The van der Waals surface area contributed by atoms with Crippen molar-refractivity contribution in [3.8, 4) is 5.75 Å². The van der Waals surface area contributed by atoms with Crippen LogP contribution >= 0.6 is 11.8 Å². The van der Waals surface area contributed by atoms with Crippen molar-refractivity contribution in [2.75, 3.05) is 25.3 Å². The Balaban J connectivity index is 3.18. The van der Waals surface area contributed by atoms with E-state index in [1.165, 1.54) is 0 Å². The van der Waals surface area contributed by atoms with Crippen molar-refractivity contribution in [3.05, 3.63) is 18.2 Å². The Bertz CT molecular complexity index is 273. The van der Waals surface area contributed by atoms with Crippen molar-refractivity contribution in [2.24, 2.45) is 0 Å². The second kappa shape index (κ2) is 3.72. The van der Waals surface area contributed by atoms with Crippen LogP contribution in [-0.4, -0.2) is 25.5 Å². The van der Waals surface area contributed by atoms with E-state index >= 15 is 0 Å². The van der Waals surface area contributed by atoms with Crippen LogP contribution < -0.4 is 4.90 Å². The first-order valence-electron chi connectivity index (χ1n) is 3.70. The molecule has 0 saturated heterocycles. The van der Waals surface area contributed by atoms with Crippen molar-refractivity contribution in [2.45, 2.75) is 4.90 Å². The molecular weight excluding hydrogens is 170 g/mol. The molecule has 0 atom stereocenters. The zero-order valence-corrected chi connectivity index (χ0v) is 8.35. The quantitative estimate of drug-likeness (QED) is 0.711. The van der Waals surface area contributed by atoms with Gasteiger partial charge >= 0.3 is 0 Å². The smallest absolute Gasteiger partial charge is 0.131 e. The molecule has 0 radical (unpaired) electrons. The molecule has 0 saturated carbocycles. The molecule has 3 heteroatoms. The van der Waals surface area contributed by atoms with Gasteiger partial charge in [0.05, 0.1) is 10.6 Å². The molecule has 0 unspecified atom stereocenters. The number of thioether (sulfide) groups is 1. The van der Waals surface area contributed by atoms with E-state index in [1.807, 2.05) is 37.4 Å². The van der Waals surface area contributed by atoms with Crippen LogP contribution in [0.2, 0.25) is 0 Å². The summed E-state index contributed by atoms with van der Waals surface area (Å²) in [6.45, 7) is 0. The van der Waals surface area contributed by atoms with E-state index in [0.29, 0.717) is 5.75 Å². The third kappa shape index (κ3) is 1.67. The normalized spacial score (nSPS) is 9.92. The van der Waals surface area contributed by atoms with Gasteiger partial charge in [0.2, 0.25) is 0 Å². The topological polar surface area (TPSA) is 23.5 Å². The van der Waals surface area contributed by atoms with Gasteiger partial charge in [-0.15, -0.1) is 11.8 Å². The average molecular weight is 183 g/mol. The summed E-state index contributed by atoms with van der Waals surface area (Å²) in [5, 5.41) is 9.49. The van der Waals surface area contributed by atoms with Crippen molar-refractivity contribution < 1.29 is 5.11 Å². The van der Waals surface area contributed by atoms with Crippen LogP contribution in [0.15, 0.2) is 23.1 Å². The van der Waals surface area contributed by atoms with Crippen LogP contribution in [-0.2, 0) is 0 Å². The molecule has 0 fully saturated rings. The van der Waals surface area contributed by atoms with Crippen LogP contribution in [0.25, 0.3) is 0 Å². The van der Waals surface area contributed by atoms with Gasteiger partial charge in [-0.2, -0.15) is 0 Å². The summed E-state index contributed by atoms with van der Waals surface area (Å²) in [5.41, 5.74) is 1.06. The number of nitrogens with zero attached hydrogens (tertiary/aromatic N) is 1. The van der Waals surface area contributed by atoms with Gasteiger partial charge in [0.1, 0.15) is 5.75 Å². The lowest BCUT2D eigenvalue weighted by Gasteiger charge is -2.16. The first-order valence-corrected chi connectivity index (χ1v) is 4.92. The molecule has 66 valence electrons. The number of hydrogen-bond donors (Lipinski definition) is 1. The van der Waals surface area contributed by atoms with Gasteiger partial charge in [0.25, 0.3) is 0 Å². The van der Waals surface area contributed by atoms with E-state index in [0.717, 1.165) is 10.6 Å². The lowest BCUT2D eigenvalue weighted by molar-refractivity contribution is 0.462. The summed E-state index contributed by atoms with van der Waals surface area (Å²) in [4.78, 5) is 2.92. The lowest BCUT2D eigenvalue weighted by atomic mass is 10.3. The minimum atomic E-state index is 0.355. The molecule has 2 nitrogen and oxygen atoms in total. The predicted molar refractivity (Wildman–Crippen MR) is 54.2 cm³/mol. The molecule has 1 rings (SSSR count). The molecule has 0 amide bonds. The first kappa shape index (κ1) is 9.26. The number of anilines is 1. The number of benzene rings is 1. The summed E-state index contributed by atoms with van der Waals surface area (Å²) in [6.07, 6.45) is 1.96. The summed E-state index contributed by atoms with van der Waals surface area (Å²) in [7, 11) is 3.93. The van der Waals surface area contributed by atoms with Crippen molar-refractivity contribution in [1.82, 2.24) is 0 Å². The van der Waals surface area contributed by atoms with Crippen LogP contribution in [0.4, 0.5) is 5.69 Å². The molecule has 1 aromatic rings. The van der Waals surface area contributed by atoms with E-state index < -0.39 is 0 Å². The molecule has 0 aliphatic heterocycles. The van der Waals surface area contributed by atoms with Crippen molar-refractivity contribution in [3.63, 3.8) is 0 Å². The van der Waals surface area contributed by atoms with Gasteiger partial charge in [-0.1, -0.05) is 6.07 Å². The second-order valence-corrected chi connectivity index (χ2v) is 3.54. The molecule has 0 bridgehead atoms. The lowest BCUT2D eigenvalue weighted by Crippen LogP contribution is -2.09. The van der Waals surface area contributed by atoms with E-state index in [9.17, 15) is 5.11 Å². The third-order valence-electron chi connectivity index (χ3n) is 1.66. The Morgan fingerprint density at radius 1 is 1.33 bits per heavy atom. The van der Waals surface area contributed by atoms with Crippen LogP contribution in [0.1, 0.15) is 0 Å². The fraction of sp³-hybridized carbons (Fsp3) is 0.333. The van der Waals surface area contributed by atoms with Crippen molar-refractivity contribution >= 4 is 17.4 Å². The van der Waals surface area contributed by atoms with E-state index in [4.69, 9.17) is 0 Å². The average Bonchev–Trinajstić information content (AvgIpc) is 2.03. The second-order valence-electron chi connectivity index (χ2n) is 2.72. The number of rotatable bonds is 2. The maximum atomic E-state index is 9.49.